The van der Waals surface area contributed by atoms with Gasteiger partial charge in [0.1, 0.15) is 4.21 Å². The van der Waals surface area contributed by atoms with Crippen LogP contribution in [0.1, 0.15) is 5.56 Å². The van der Waals surface area contributed by atoms with Gasteiger partial charge in [-0.15, -0.1) is 11.3 Å². The van der Waals surface area contributed by atoms with Crippen LogP contribution in [0.2, 0.25) is 0 Å². The summed E-state index contributed by atoms with van der Waals surface area (Å²) in [4.78, 5) is 0. The Bertz CT molecular complexity index is 707. The maximum atomic E-state index is 12.3. The summed E-state index contributed by atoms with van der Waals surface area (Å²) in [6.07, 6.45) is 0. The number of oxime groups is 1. The van der Waals surface area contributed by atoms with E-state index in [1.807, 2.05) is 0 Å². The van der Waals surface area contributed by atoms with Gasteiger partial charge in [0.05, 0.1) is 5.69 Å². The summed E-state index contributed by atoms with van der Waals surface area (Å²) in [5, 5.41) is 13.2. The van der Waals surface area contributed by atoms with E-state index in [1.54, 1.807) is 41.8 Å². The Morgan fingerprint density at radius 3 is 2.45 bits per heavy atom. The fourth-order valence-corrected chi connectivity index (χ4v) is 3.94. The van der Waals surface area contributed by atoms with Gasteiger partial charge >= 0.3 is 0 Å². The van der Waals surface area contributed by atoms with E-state index in [4.69, 9.17) is 10.9 Å². The summed E-state index contributed by atoms with van der Waals surface area (Å²) in [5.74, 6) is -0.0275. The number of hydrogen-bond donors (Lipinski definition) is 2. The van der Waals surface area contributed by atoms with Crippen LogP contribution in [0.5, 0.6) is 0 Å². The molecule has 2 aromatic rings. The Balaban J connectivity index is 2.33. The van der Waals surface area contributed by atoms with Crippen LogP contribution in [0.3, 0.4) is 0 Å². The van der Waals surface area contributed by atoms with Gasteiger partial charge < -0.3 is 10.9 Å². The Kier molecular flexibility index (Phi) is 3.96. The predicted octanol–water partition coefficient (Wildman–Crippen LogP) is 1.67. The van der Waals surface area contributed by atoms with Gasteiger partial charge in [0.2, 0.25) is 0 Å². The van der Waals surface area contributed by atoms with Crippen molar-refractivity contribution in [3.63, 3.8) is 0 Å². The number of thiophene rings is 1. The van der Waals surface area contributed by atoms with E-state index >= 15 is 0 Å². The number of anilines is 1. The van der Waals surface area contributed by atoms with Crippen molar-refractivity contribution in [2.24, 2.45) is 10.9 Å². The first-order valence-electron chi connectivity index (χ1n) is 5.57. The second-order valence-electron chi connectivity index (χ2n) is 3.94. The highest BCUT2D eigenvalue weighted by molar-refractivity contribution is 7.94. The van der Waals surface area contributed by atoms with Crippen molar-refractivity contribution in [3.8, 4) is 0 Å². The van der Waals surface area contributed by atoms with Crippen LogP contribution in [0.25, 0.3) is 0 Å². The van der Waals surface area contributed by atoms with Crippen LogP contribution in [-0.4, -0.2) is 26.5 Å². The van der Waals surface area contributed by atoms with Crippen molar-refractivity contribution in [2.45, 2.75) is 4.21 Å². The third kappa shape index (κ3) is 2.61. The first-order valence-corrected chi connectivity index (χ1v) is 7.89. The molecule has 0 radical (unpaired) electrons. The van der Waals surface area contributed by atoms with E-state index < -0.39 is 10.0 Å². The molecule has 1 aromatic heterocycles. The number of nitrogens with zero attached hydrogens (tertiary/aromatic N) is 2. The molecular weight excluding hydrogens is 298 g/mol. The summed E-state index contributed by atoms with van der Waals surface area (Å²) in [6, 6.07) is 9.61. The van der Waals surface area contributed by atoms with Gasteiger partial charge in [0.15, 0.2) is 5.84 Å². The molecule has 2 rings (SSSR count). The number of benzene rings is 1. The molecule has 0 fully saturated rings. The lowest BCUT2D eigenvalue weighted by Crippen LogP contribution is -2.25. The minimum absolute atomic E-state index is 0.0275. The fraction of sp³-hybridized carbons (Fsp3) is 0.0833. The normalized spacial score (nSPS) is 12.3. The lowest BCUT2D eigenvalue weighted by atomic mass is 10.2. The van der Waals surface area contributed by atoms with Gasteiger partial charge in [-0.3, -0.25) is 4.31 Å². The maximum absolute atomic E-state index is 12.3. The summed E-state index contributed by atoms with van der Waals surface area (Å²) >= 11 is 1.16. The molecule has 0 saturated carbocycles. The molecule has 0 unspecified atom stereocenters. The topological polar surface area (TPSA) is 96.0 Å². The molecule has 1 aromatic carbocycles. The molecule has 3 N–H and O–H groups in total. The lowest BCUT2D eigenvalue weighted by molar-refractivity contribution is 0.318. The molecule has 106 valence electrons. The van der Waals surface area contributed by atoms with Gasteiger partial charge in [-0.2, -0.15) is 0 Å². The molecule has 0 aliphatic heterocycles. The van der Waals surface area contributed by atoms with Gasteiger partial charge in [0.25, 0.3) is 10.0 Å². The van der Waals surface area contributed by atoms with Gasteiger partial charge in [-0.05, 0) is 35.7 Å². The lowest BCUT2D eigenvalue weighted by Gasteiger charge is -2.18. The molecule has 8 heteroatoms. The number of rotatable bonds is 4. The Morgan fingerprint density at radius 2 is 1.95 bits per heavy atom. The first-order chi connectivity index (χ1) is 9.46. The molecule has 6 nitrogen and oxygen atoms in total. The van der Waals surface area contributed by atoms with Gasteiger partial charge in [0, 0.05) is 12.6 Å². The highest BCUT2D eigenvalue weighted by Gasteiger charge is 2.22. The van der Waals surface area contributed by atoms with Crippen molar-refractivity contribution in [1.82, 2.24) is 0 Å². The number of nitrogens with two attached hydrogens (primary N) is 1. The zero-order valence-corrected chi connectivity index (χ0v) is 12.2. The van der Waals surface area contributed by atoms with E-state index in [1.165, 1.54) is 11.4 Å². The minimum Gasteiger partial charge on any atom is -0.409 e. The van der Waals surface area contributed by atoms with E-state index in [0.717, 1.165) is 11.3 Å². The second kappa shape index (κ2) is 5.51. The molecule has 0 bridgehead atoms. The summed E-state index contributed by atoms with van der Waals surface area (Å²) < 4.78 is 26.1. The second-order valence-corrected chi connectivity index (χ2v) is 7.08. The smallest absolute Gasteiger partial charge is 0.273 e. The Hall–Kier alpha value is -2.06. The summed E-state index contributed by atoms with van der Waals surface area (Å²) in [6.45, 7) is 0. The highest BCUT2D eigenvalue weighted by atomic mass is 32.2. The highest BCUT2D eigenvalue weighted by Crippen LogP contribution is 2.25. The zero-order valence-electron chi connectivity index (χ0n) is 10.6. The average Bonchev–Trinajstić information content (AvgIpc) is 3.00. The van der Waals surface area contributed by atoms with Crippen LogP contribution < -0.4 is 10.0 Å². The standard InChI is InChI=1S/C12H13N3O3S2/c1-15(20(17,18)11-3-2-8-19-11)10-6-4-9(5-7-10)12(13)14-16/h2-8,16H,1H3,(H2,13,14). The molecule has 0 saturated heterocycles. The van der Waals surface area contributed by atoms with E-state index in [9.17, 15) is 8.42 Å². The largest absolute Gasteiger partial charge is 0.409 e. The van der Waals surface area contributed by atoms with Crippen molar-refractivity contribution >= 4 is 32.9 Å². The van der Waals surface area contributed by atoms with E-state index in [0.29, 0.717) is 11.3 Å². The first kappa shape index (κ1) is 14.4. The van der Waals surface area contributed by atoms with Crippen molar-refractivity contribution < 1.29 is 13.6 Å². The molecule has 0 amide bonds. The van der Waals surface area contributed by atoms with Crippen LogP contribution in [-0.2, 0) is 10.0 Å². The molecule has 0 spiro atoms. The van der Waals surface area contributed by atoms with E-state index in [-0.39, 0.29) is 10.0 Å². The zero-order chi connectivity index (χ0) is 14.8. The van der Waals surface area contributed by atoms with Crippen LogP contribution in [0.15, 0.2) is 51.1 Å². The third-order valence-electron chi connectivity index (χ3n) is 2.74. The number of sulfonamides is 1. The summed E-state index contributed by atoms with van der Waals surface area (Å²) in [7, 11) is -2.07. The Labute approximate surface area is 120 Å². The molecule has 0 atom stereocenters. The molecule has 0 aliphatic carbocycles. The van der Waals surface area contributed by atoms with Gasteiger partial charge in [-0.1, -0.05) is 11.2 Å². The van der Waals surface area contributed by atoms with Crippen molar-refractivity contribution in [3.05, 3.63) is 47.3 Å². The predicted molar refractivity (Wildman–Crippen MR) is 78.9 cm³/mol. The molecule has 1 heterocycles. The maximum Gasteiger partial charge on any atom is 0.273 e. The minimum atomic E-state index is -3.55. The van der Waals surface area contributed by atoms with Crippen molar-refractivity contribution in [1.29, 1.82) is 0 Å². The quantitative estimate of drug-likeness (QED) is 0.388. The van der Waals surface area contributed by atoms with Crippen molar-refractivity contribution in [2.75, 3.05) is 11.4 Å². The summed E-state index contributed by atoms with van der Waals surface area (Å²) in [5.41, 5.74) is 6.46. The van der Waals surface area contributed by atoms with E-state index in [2.05, 4.69) is 5.16 Å². The average molecular weight is 311 g/mol. The Morgan fingerprint density at radius 1 is 1.30 bits per heavy atom. The third-order valence-corrected chi connectivity index (χ3v) is 5.90. The SMILES string of the molecule is CN(c1ccc(C(N)=NO)cc1)S(=O)(=O)c1cccs1. The van der Waals surface area contributed by atoms with Gasteiger partial charge in [-0.25, -0.2) is 8.42 Å². The molecule has 0 aliphatic rings. The van der Waals surface area contributed by atoms with Crippen LogP contribution in [0.4, 0.5) is 5.69 Å². The monoisotopic (exact) mass is 311 g/mol. The van der Waals surface area contributed by atoms with Crippen LogP contribution in [0, 0.1) is 0 Å². The van der Waals surface area contributed by atoms with Crippen LogP contribution >= 0.6 is 11.3 Å². The fourth-order valence-electron chi connectivity index (χ4n) is 1.58. The number of hydrogen-bond acceptors (Lipinski definition) is 5. The molecule has 20 heavy (non-hydrogen) atoms. The molecular formula is C12H13N3O3S2. The number of amidine groups is 1.